The van der Waals surface area contributed by atoms with E-state index in [4.69, 9.17) is 0 Å². The van der Waals surface area contributed by atoms with Crippen LogP contribution in [-0.4, -0.2) is 31.5 Å². The van der Waals surface area contributed by atoms with E-state index < -0.39 is 15.8 Å². The molecule has 3 rings (SSSR count). The molecule has 2 fully saturated rings. The number of rotatable bonds is 3. The molecule has 0 spiro atoms. The molecular weight excluding hydrogens is 269 g/mol. The van der Waals surface area contributed by atoms with E-state index in [1.165, 1.54) is 6.20 Å². The molecule has 0 saturated carbocycles. The molecule has 2 N–H and O–H groups in total. The molecule has 0 radical (unpaired) electrons. The Morgan fingerprint density at radius 3 is 2.58 bits per heavy atom. The van der Waals surface area contributed by atoms with Crippen LogP contribution in [0.1, 0.15) is 25.7 Å². The van der Waals surface area contributed by atoms with Crippen molar-refractivity contribution >= 4 is 10.0 Å². The standard InChI is InChI=1S/C12H16FN3O2S/c13-8-3-12(7-14-6-8)19(17,18)16-11-4-9-1-2-10(5-11)15-9/h3,6-7,9-11,15-16H,1-2,4-5H2. The van der Waals surface area contributed by atoms with E-state index in [-0.39, 0.29) is 10.9 Å². The van der Waals surface area contributed by atoms with E-state index in [2.05, 4.69) is 15.0 Å². The molecule has 3 heterocycles. The number of pyridine rings is 1. The highest BCUT2D eigenvalue weighted by Crippen LogP contribution is 2.27. The van der Waals surface area contributed by atoms with Gasteiger partial charge >= 0.3 is 0 Å². The average Bonchev–Trinajstić information content (AvgIpc) is 2.68. The summed E-state index contributed by atoms with van der Waals surface area (Å²) in [5.74, 6) is -0.645. The predicted octanol–water partition coefficient (Wildman–Crippen LogP) is 0.782. The summed E-state index contributed by atoms with van der Waals surface area (Å²) in [5, 5.41) is 3.45. The minimum atomic E-state index is -3.68. The van der Waals surface area contributed by atoms with Crippen LogP contribution in [0.4, 0.5) is 4.39 Å². The molecule has 5 nitrogen and oxygen atoms in total. The van der Waals surface area contributed by atoms with Crippen molar-refractivity contribution in [2.45, 2.75) is 48.7 Å². The van der Waals surface area contributed by atoms with Gasteiger partial charge in [-0.25, -0.2) is 17.5 Å². The minimum Gasteiger partial charge on any atom is -0.311 e. The predicted molar refractivity (Wildman–Crippen MR) is 67.5 cm³/mol. The summed E-state index contributed by atoms with van der Waals surface area (Å²) < 4.78 is 40.0. The molecule has 2 unspecified atom stereocenters. The fourth-order valence-electron chi connectivity index (χ4n) is 2.98. The second kappa shape index (κ2) is 4.81. The zero-order chi connectivity index (χ0) is 13.5. The molecule has 0 aromatic carbocycles. The van der Waals surface area contributed by atoms with E-state index in [1.54, 1.807) is 0 Å². The number of aromatic nitrogens is 1. The van der Waals surface area contributed by atoms with Crippen LogP contribution in [0.5, 0.6) is 0 Å². The maximum absolute atomic E-state index is 13.0. The maximum atomic E-state index is 13.0. The van der Waals surface area contributed by atoms with Gasteiger partial charge in [0.25, 0.3) is 0 Å². The van der Waals surface area contributed by atoms with Crippen molar-refractivity contribution in [2.24, 2.45) is 0 Å². The van der Waals surface area contributed by atoms with Crippen LogP contribution in [0.3, 0.4) is 0 Å². The molecule has 1 aromatic heterocycles. The lowest BCUT2D eigenvalue weighted by Gasteiger charge is -2.29. The summed E-state index contributed by atoms with van der Waals surface area (Å²) in [7, 11) is -3.68. The van der Waals surface area contributed by atoms with Gasteiger partial charge in [-0.05, 0) is 31.7 Å². The molecule has 1 aromatic rings. The average molecular weight is 285 g/mol. The zero-order valence-corrected chi connectivity index (χ0v) is 11.2. The molecule has 2 atom stereocenters. The molecular formula is C12H16FN3O2S. The van der Waals surface area contributed by atoms with Crippen LogP contribution < -0.4 is 10.0 Å². The second-order valence-electron chi connectivity index (χ2n) is 5.27. The molecule has 7 heteroatoms. The van der Waals surface area contributed by atoms with Crippen molar-refractivity contribution in [3.8, 4) is 0 Å². The second-order valence-corrected chi connectivity index (χ2v) is 6.98. The fraction of sp³-hybridized carbons (Fsp3) is 0.583. The number of nitrogens with zero attached hydrogens (tertiary/aromatic N) is 1. The number of fused-ring (bicyclic) bond motifs is 2. The maximum Gasteiger partial charge on any atom is 0.242 e. The molecule has 2 bridgehead atoms. The van der Waals surface area contributed by atoms with Gasteiger partial charge in [0.1, 0.15) is 10.7 Å². The molecule has 2 saturated heterocycles. The summed E-state index contributed by atoms with van der Waals surface area (Å²) in [6.07, 6.45) is 5.94. The highest BCUT2D eigenvalue weighted by molar-refractivity contribution is 7.89. The monoisotopic (exact) mass is 285 g/mol. The summed E-state index contributed by atoms with van der Waals surface area (Å²) >= 11 is 0. The Labute approximate surface area is 111 Å². The number of hydrogen-bond acceptors (Lipinski definition) is 4. The van der Waals surface area contributed by atoms with Crippen LogP contribution in [0.25, 0.3) is 0 Å². The summed E-state index contributed by atoms with van der Waals surface area (Å²) in [4.78, 5) is 3.47. The largest absolute Gasteiger partial charge is 0.311 e. The van der Waals surface area contributed by atoms with E-state index >= 15 is 0 Å². The number of sulfonamides is 1. The van der Waals surface area contributed by atoms with Gasteiger partial charge in [-0.3, -0.25) is 4.98 Å². The van der Waals surface area contributed by atoms with Crippen LogP contribution >= 0.6 is 0 Å². The first kappa shape index (κ1) is 13.0. The van der Waals surface area contributed by atoms with Crippen molar-refractivity contribution in [1.29, 1.82) is 0 Å². The zero-order valence-electron chi connectivity index (χ0n) is 10.3. The first-order chi connectivity index (χ1) is 9.03. The van der Waals surface area contributed by atoms with Crippen LogP contribution in [-0.2, 0) is 10.0 Å². The van der Waals surface area contributed by atoms with Gasteiger partial charge in [0, 0.05) is 24.3 Å². The smallest absolute Gasteiger partial charge is 0.242 e. The van der Waals surface area contributed by atoms with Gasteiger partial charge in [-0.1, -0.05) is 0 Å². The molecule has 0 aliphatic carbocycles. The van der Waals surface area contributed by atoms with Gasteiger partial charge in [0.05, 0.1) is 6.20 Å². The Hall–Kier alpha value is -1.05. The molecule has 2 aliphatic rings. The molecule has 0 amide bonds. The van der Waals surface area contributed by atoms with Crippen LogP contribution in [0.15, 0.2) is 23.4 Å². The lowest BCUT2D eigenvalue weighted by molar-refractivity contribution is 0.345. The Kier molecular flexibility index (Phi) is 3.28. The van der Waals surface area contributed by atoms with Gasteiger partial charge in [-0.2, -0.15) is 0 Å². The highest BCUT2D eigenvalue weighted by atomic mass is 32.2. The van der Waals surface area contributed by atoms with Gasteiger partial charge in [0.2, 0.25) is 10.0 Å². The quantitative estimate of drug-likeness (QED) is 0.861. The van der Waals surface area contributed by atoms with Crippen molar-refractivity contribution < 1.29 is 12.8 Å². The van der Waals surface area contributed by atoms with E-state index in [9.17, 15) is 12.8 Å². The molecule has 2 aliphatic heterocycles. The third-order valence-corrected chi connectivity index (χ3v) is 5.27. The number of halogens is 1. The third-order valence-electron chi connectivity index (χ3n) is 3.78. The van der Waals surface area contributed by atoms with Gasteiger partial charge in [-0.15, -0.1) is 0 Å². The third kappa shape index (κ3) is 2.77. The molecule has 19 heavy (non-hydrogen) atoms. The van der Waals surface area contributed by atoms with Crippen molar-refractivity contribution in [3.05, 3.63) is 24.3 Å². The Morgan fingerprint density at radius 1 is 1.26 bits per heavy atom. The van der Waals surface area contributed by atoms with Crippen LogP contribution in [0.2, 0.25) is 0 Å². The number of nitrogens with one attached hydrogen (secondary N) is 2. The van der Waals surface area contributed by atoms with Crippen LogP contribution in [0, 0.1) is 5.82 Å². The van der Waals surface area contributed by atoms with E-state index in [1.807, 2.05) is 0 Å². The van der Waals surface area contributed by atoms with Gasteiger partial charge in [0.15, 0.2) is 0 Å². The lowest BCUT2D eigenvalue weighted by Crippen LogP contribution is -2.47. The summed E-state index contributed by atoms with van der Waals surface area (Å²) in [6, 6.07) is 1.71. The van der Waals surface area contributed by atoms with Crippen molar-refractivity contribution in [3.63, 3.8) is 0 Å². The number of hydrogen-bond donors (Lipinski definition) is 2. The Bertz CT molecular complexity index is 566. The van der Waals surface area contributed by atoms with Gasteiger partial charge < -0.3 is 5.32 Å². The minimum absolute atomic E-state index is 0.0768. The summed E-state index contributed by atoms with van der Waals surface area (Å²) in [6.45, 7) is 0. The highest BCUT2D eigenvalue weighted by Gasteiger charge is 2.35. The number of piperidine rings is 1. The SMILES string of the molecule is O=S(=O)(NC1CC2CCC(C1)N2)c1cncc(F)c1. The fourth-order valence-corrected chi connectivity index (χ4v) is 4.22. The van der Waals surface area contributed by atoms with E-state index in [0.29, 0.717) is 12.1 Å². The van der Waals surface area contributed by atoms with E-state index in [0.717, 1.165) is 37.9 Å². The summed E-state index contributed by atoms with van der Waals surface area (Å²) in [5.41, 5.74) is 0. The Morgan fingerprint density at radius 2 is 1.95 bits per heavy atom. The van der Waals surface area contributed by atoms with Crippen molar-refractivity contribution in [1.82, 2.24) is 15.0 Å². The molecule has 104 valence electrons. The van der Waals surface area contributed by atoms with Crippen molar-refractivity contribution in [2.75, 3.05) is 0 Å². The first-order valence-electron chi connectivity index (χ1n) is 6.42. The Balaban J connectivity index is 1.75. The first-order valence-corrected chi connectivity index (χ1v) is 7.90. The lowest BCUT2D eigenvalue weighted by atomic mass is 10.0. The normalized spacial score (nSPS) is 30.5. The topological polar surface area (TPSA) is 71.1 Å².